The van der Waals surface area contributed by atoms with Crippen LogP contribution in [0.25, 0.3) is 0 Å². The van der Waals surface area contributed by atoms with Crippen molar-refractivity contribution in [2.45, 2.75) is 70.5 Å². The van der Waals surface area contributed by atoms with Gasteiger partial charge in [0.1, 0.15) is 0 Å². The van der Waals surface area contributed by atoms with E-state index in [9.17, 15) is 4.79 Å². The van der Waals surface area contributed by atoms with Gasteiger partial charge in [-0.2, -0.15) is 0 Å². The fourth-order valence-electron chi connectivity index (χ4n) is 3.53. The Morgan fingerprint density at radius 1 is 1.30 bits per heavy atom. The lowest BCUT2D eigenvalue weighted by molar-refractivity contribution is -0.157. The molecule has 1 saturated heterocycles. The fraction of sp³-hybridized carbons (Fsp3) is 0.938. The molecule has 1 heterocycles. The summed E-state index contributed by atoms with van der Waals surface area (Å²) in [6, 6.07) is 0. The van der Waals surface area contributed by atoms with Gasteiger partial charge in [-0.25, -0.2) is 0 Å². The van der Waals surface area contributed by atoms with Crippen LogP contribution in [0.1, 0.15) is 58.8 Å². The van der Waals surface area contributed by atoms with Crippen LogP contribution in [0, 0.1) is 5.92 Å². The van der Waals surface area contributed by atoms with Gasteiger partial charge in [-0.05, 0) is 26.2 Å². The summed E-state index contributed by atoms with van der Waals surface area (Å²) in [7, 11) is 0. The molecule has 0 bridgehead atoms. The number of amides is 1. The molecule has 0 spiro atoms. The van der Waals surface area contributed by atoms with Gasteiger partial charge in [-0.1, -0.05) is 32.1 Å². The maximum absolute atomic E-state index is 12.4. The number of nitrogens with zero attached hydrogens (tertiary/aromatic N) is 1. The second-order valence-electron chi connectivity index (χ2n) is 6.97. The zero-order valence-electron chi connectivity index (χ0n) is 12.9. The van der Waals surface area contributed by atoms with E-state index in [0.29, 0.717) is 25.4 Å². The maximum Gasteiger partial charge on any atom is 0.222 e. The molecule has 0 aromatic heterocycles. The van der Waals surface area contributed by atoms with E-state index in [1.165, 1.54) is 32.1 Å². The predicted octanol–water partition coefficient (Wildman–Crippen LogP) is 3.59. The Kier molecular flexibility index (Phi) is 5.74. The molecule has 0 aromatic carbocycles. The van der Waals surface area contributed by atoms with Gasteiger partial charge in [-0.3, -0.25) is 4.79 Å². The molecule has 2 aliphatic rings. The first-order valence-corrected chi connectivity index (χ1v) is 8.55. The van der Waals surface area contributed by atoms with Gasteiger partial charge in [0, 0.05) is 19.5 Å². The minimum Gasteiger partial charge on any atom is -0.367 e. The monoisotopic (exact) mass is 301 g/mol. The number of carbonyl (C=O) groups is 1. The standard InChI is InChI=1S/C16H28ClNO2/c1-16(2)12-18(11-14(10-17)20-16)15(19)9-8-13-6-4-3-5-7-13/h13-14H,3-12H2,1-2H3. The van der Waals surface area contributed by atoms with Gasteiger partial charge in [0.15, 0.2) is 0 Å². The summed E-state index contributed by atoms with van der Waals surface area (Å²) in [6.45, 7) is 5.40. The lowest BCUT2D eigenvalue weighted by Crippen LogP contribution is -2.55. The lowest BCUT2D eigenvalue weighted by Gasteiger charge is -2.42. The van der Waals surface area contributed by atoms with Crippen molar-refractivity contribution in [1.82, 2.24) is 4.90 Å². The first-order valence-electron chi connectivity index (χ1n) is 8.02. The summed E-state index contributed by atoms with van der Waals surface area (Å²) >= 11 is 5.91. The number of ether oxygens (including phenoxy) is 1. The second kappa shape index (κ2) is 7.13. The minimum atomic E-state index is -0.279. The van der Waals surface area contributed by atoms with Crippen molar-refractivity contribution in [3.63, 3.8) is 0 Å². The van der Waals surface area contributed by atoms with Crippen molar-refractivity contribution >= 4 is 17.5 Å². The van der Waals surface area contributed by atoms with E-state index in [0.717, 1.165) is 12.3 Å². The summed E-state index contributed by atoms with van der Waals surface area (Å²) in [5.41, 5.74) is -0.279. The molecule has 1 atom stereocenters. The van der Waals surface area contributed by atoms with E-state index < -0.39 is 0 Å². The van der Waals surface area contributed by atoms with Crippen LogP contribution in [-0.2, 0) is 9.53 Å². The minimum absolute atomic E-state index is 0.0287. The molecule has 1 unspecified atom stereocenters. The first kappa shape index (κ1) is 16.1. The van der Waals surface area contributed by atoms with Crippen molar-refractivity contribution < 1.29 is 9.53 Å². The van der Waals surface area contributed by atoms with Crippen molar-refractivity contribution in [3.05, 3.63) is 0 Å². The van der Waals surface area contributed by atoms with Crippen LogP contribution >= 0.6 is 11.6 Å². The van der Waals surface area contributed by atoms with Crippen LogP contribution < -0.4 is 0 Å². The molecular formula is C16H28ClNO2. The number of halogens is 1. The van der Waals surface area contributed by atoms with E-state index in [4.69, 9.17) is 16.3 Å². The molecule has 0 aromatic rings. The normalized spacial score (nSPS) is 27.6. The summed E-state index contributed by atoms with van der Waals surface area (Å²) in [4.78, 5) is 14.4. The predicted molar refractivity (Wildman–Crippen MR) is 82.1 cm³/mol. The van der Waals surface area contributed by atoms with Crippen molar-refractivity contribution in [2.24, 2.45) is 5.92 Å². The number of carbonyl (C=O) groups excluding carboxylic acids is 1. The maximum atomic E-state index is 12.4. The molecule has 0 radical (unpaired) electrons. The second-order valence-corrected chi connectivity index (χ2v) is 7.28. The molecule has 1 aliphatic carbocycles. The van der Waals surface area contributed by atoms with Crippen molar-refractivity contribution in [3.8, 4) is 0 Å². The number of morpholine rings is 1. The third-order valence-corrected chi connectivity index (χ3v) is 4.84. The first-order chi connectivity index (χ1) is 9.50. The molecule has 116 valence electrons. The van der Waals surface area contributed by atoms with Crippen molar-refractivity contribution in [2.75, 3.05) is 19.0 Å². The number of rotatable bonds is 4. The van der Waals surface area contributed by atoms with Gasteiger partial charge in [0.25, 0.3) is 0 Å². The Morgan fingerprint density at radius 3 is 2.65 bits per heavy atom. The van der Waals surface area contributed by atoms with Gasteiger partial charge in [0.2, 0.25) is 5.91 Å². The fourth-order valence-corrected chi connectivity index (χ4v) is 3.69. The molecular weight excluding hydrogens is 274 g/mol. The van der Waals surface area contributed by atoms with E-state index in [2.05, 4.69) is 0 Å². The average Bonchev–Trinajstić information content (AvgIpc) is 2.44. The number of hydrogen-bond acceptors (Lipinski definition) is 2. The Morgan fingerprint density at radius 2 is 2.00 bits per heavy atom. The highest BCUT2D eigenvalue weighted by atomic mass is 35.5. The van der Waals surface area contributed by atoms with Crippen LogP contribution in [0.5, 0.6) is 0 Å². The average molecular weight is 302 g/mol. The smallest absolute Gasteiger partial charge is 0.222 e. The van der Waals surface area contributed by atoms with Crippen LogP contribution in [-0.4, -0.2) is 41.5 Å². The van der Waals surface area contributed by atoms with E-state index >= 15 is 0 Å². The van der Waals surface area contributed by atoms with Crippen LogP contribution in [0.2, 0.25) is 0 Å². The van der Waals surface area contributed by atoms with E-state index in [1.807, 2.05) is 18.7 Å². The Hall–Kier alpha value is -0.280. The van der Waals surface area contributed by atoms with Gasteiger partial charge in [-0.15, -0.1) is 11.6 Å². The zero-order valence-corrected chi connectivity index (χ0v) is 13.6. The highest BCUT2D eigenvalue weighted by molar-refractivity contribution is 6.18. The van der Waals surface area contributed by atoms with E-state index in [1.54, 1.807) is 0 Å². The topological polar surface area (TPSA) is 29.5 Å². The Labute approximate surface area is 128 Å². The number of alkyl halides is 1. The van der Waals surface area contributed by atoms with Crippen LogP contribution in [0.4, 0.5) is 0 Å². The molecule has 2 fully saturated rings. The Balaban J connectivity index is 1.81. The molecule has 0 N–H and O–H groups in total. The molecule has 1 aliphatic heterocycles. The summed E-state index contributed by atoms with van der Waals surface area (Å²) in [6.07, 6.45) is 8.41. The molecule has 1 amide bonds. The lowest BCUT2D eigenvalue weighted by atomic mass is 9.86. The van der Waals surface area contributed by atoms with Crippen LogP contribution in [0.3, 0.4) is 0 Å². The summed E-state index contributed by atoms with van der Waals surface area (Å²) in [5.74, 6) is 1.50. The summed E-state index contributed by atoms with van der Waals surface area (Å²) < 4.78 is 5.87. The van der Waals surface area contributed by atoms with Gasteiger partial charge in [0.05, 0.1) is 17.6 Å². The van der Waals surface area contributed by atoms with E-state index in [-0.39, 0.29) is 17.6 Å². The highest BCUT2D eigenvalue weighted by Crippen LogP contribution is 2.28. The van der Waals surface area contributed by atoms with Gasteiger partial charge < -0.3 is 9.64 Å². The molecule has 20 heavy (non-hydrogen) atoms. The molecule has 1 saturated carbocycles. The molecule has 4 heteroatoms. The van der Waals surface area contributed by atoms with Crippen LogP contribution in [0.15, 0.2) is 0 Å². The quantitative estimate of drug-likeness (QED) is 0.743. The third kappa shape index (κ3) is 4.63. The Bertz CT molecular complexity index is 326. The SMILES string of the molecule is CC1(C)CN(C(=O)CCC2CCCCC2)CC(CCl)O1. The molecule has 2 rings (SSSR count). The molecule has 3 nitrogen and oxygen atoms in total. The van der Waals surface area contributed by atoms with Gasteiger partial charge >= 0.3 is 0 Å². The largest absolute Gasteiger partial charge is 0.367 e. The van der Waals surface area contributed by atoms with Crippen molar-refractivity contribution in [1.29, 1.82) is 0 Å². The third-order valence-electron chi connectivity index (χ3n) is 4.50. The summed E-state index contributed by atoms with van der Waals surface area (Å²) in [5, 5.41) is 0. The number of hydrogen-bond donors (Lipinski definition) is 0. The highest BCUT2D eigenvalue weighted by Gasteiger charge is 2.35. The zero-order chi connectivity index (χ0) is 14.6.